The summed E-state index contributed by atoms with van der Waals surface area (Å²) in [5.74, 6) is -1.22. The fourth-order valence-corrected chi connectivity index (χ4v) is 1.20. The summed E-state index contributed by atoms with van der Waals surface area (Å²) in [6, 6.07) is -0.596. The number of nitrogens with one attached hydrogen (secondary N) is 3. The van der Waals surface area contributed by atoms with Gasteiger partial charge in [0.25, 0.3) is 12.2 Å². The van der Waals surface area contributed by atoms with E-state index in [-0.39, 0.29) is 5.75 Å². The number of hydrogen-bond acceptors (Lipinski definition) is 4. The van der Waals surface area contributed by atoms with Crippen molar-refractivity contribution in [1.82, 2.24) is 16.0 Å². The van der Waals surface area contributed by atoms with Crippen LogP contribution >= 0.6 is 12.6 Å². The molecule has 0 heterocycles. The van der Waals surface area contributed by atoms with Gasteiger partial charge in [0.1, 0.15) is 0 Å². The minimum Gasteiger partial charge on any atom is -0.355 e. The summed E-state index contributed by atoms with van der Waals surface area (Å²) in [6.45, 7) is 2.38. The molecule has 0 aromatic carbocycles. The van der Waals surface area contributed by atoms with E-state index in [1.54, 1.807) is 0 Å². The summed E-state index contributed by atoms with van der Waals surface area (Å²) >= 11 is 3.94. The summed E-state index contributed by atoms with van der Waals surface area (Å²) in [7, 11) is 1.29. The molecular weight excluding hydrogens is 221 g/mol. The van der Waals surface area contributed by atoms with E-state index in [0.717, 1.165) is 0 Å². The minimum absolute atomic E-state index is 0.236. The van der Waals surface area contributed by atoms with E-state index < -0.39 is 24.2 Å². The number of hydrogen-bond donors (Lipinski definition) is 4. The number of thiol groups is 1. The fourth-order valence-electron chi connectivity index (χ4n) is 0.904. The highest BCUT2D eigenvalue weighted by Crippen LogP contribution is 1.92. The number of alkyl halides is 1. The van der Waals surface area contributed by atoms with Crippen molar-refractivity contribution in [2.75, 3.05) is 19.3 Å². The zero-order valence-electron chi connectivity index (χ0n) is 8.71. The van der Waals surface area contributed by atoms with E-state index in [1.165, 1.54) is 7.05 Å². The van der Waals surface area contributed by atoms with Crippen molar-refractivity contribution < 1.29 is 14.0 Å². The van der Waals surface area contributed by atoms with Gasteiger partial charge in [-0.2, -0.15) is 12.6 Å². The van der Waals surface area contributed by atoms with Crippen molar-refractivity contribution in [2.24, 2.45) is 0 Å². The monoisotopic (exact) mass is 237 g/mol. The minimum atomic E-state index is -2.02. The zero-order chi connectivity index (χ0) is 11.8. The van der Waals surface area contributed by atoms with Crippen molar-refractivity contribution in [3.63, 3.8) is 0 Å². The number of amides is 2. The first-order valence-electron chi connectivity index (χ1n) is 4.57. The number of carbonyl (C=O) groups excluding carboxylic acids is 2. The molecule has 0 aromatic rings. The topological polar surface area (TPSA) is 70.2 Å². The van der Waals surface area contributed by atoms with Crippen LogP contribution in [0.15, 0.2) is 0 Å². The molecule has 0 saturated carbocycles. The first-order chi connectivity index (χ1) is 7.06. The largest absolute Gasteiger partial charge is 0.355 e. The van der Waals surface area contributed by atoms with Crippen LogP contribution < -0.4 is 16.0 Å². The van der Waals surface area contributed by atoms with Crippen molar-refractivity contribution in [2.45, 2.75) is 19.3 Å². The van der Waals surface area contributed by atoms with Gasteiger partial charge in [-0.15, -0.1) is 0 Å². The average Bonchev–Trinajstić information content (AvgIpc) is 2.24. The molecule has 7 heteroatoms. The molecule has 0 spiro atoms. The average molecular weight is 237 g/mol. The Hall–Kier alpha value is -0.820. The number of halogens is 1. The van der Waals surface area contributed by atoms with Crippen LogP contribution in [0.2, 0.25) is 0 Å². The Morgan fingerprint density at radius 3 is 2.40 bits per heavy atom. The standard InChI is InChI=1S/C8H16FN3O2S/c1-3-11-5(4-15)7(13)12-6(9)8(14)10-2/h5-6,11,15H,3-4H2,1-2H3,(H,10,14)(H,12,13). The van der Waals surface area contributed by atoms with Crippen LogP contribution in [-0.4, -0.2) is 43.5 Å². The molecule has 0 bridgehead atoms. The summed E-state index contributed by atoms with van der Waals surface area (Å²) in [5, 5.41) is 6.84. The van der Waals surface area contributed by atoms with Gasteiger partial charge in [0.2, 0.25) is 5.91 Å². The van der Waals surface area contributed by atoms with Crippen LogP contribution in [0.25, 0.3) is 0 Å². The Morgan fingerprint density at radius 2 is 2.00 bits per heavy atom. The molecular formula is C8H16FN3O2S. The molecule has 0 aliphatic carbocycles. The molecule has 0 radical (unpaired) electrons. The van der Waals surface area contributed by atoms with Gasteiger partial charge in [-0.1, -0.05) is 6.92 Å². The lowest BCUT2D eigenvalue weighted by atomic mass is 10.3. The molecule has 0 aliphatic heterocycles. The van der Waals surface area contributed by atoms with Crippen molar-refractivity contribution in [3.8, 4) is 0 Å². The highest BCUT2D eigenvalue weighted by Gasteiger charge is 2.22. The van der Waals surface area contributed by atoms with Gasteiger partial charge in [-0.05, 0) is 6.54 Å². The first kappa shape index (κ1) is 14.2. The predicted octanol–water partition coefficient (Wildman–Crippen LogP) is -0.948. The molecule has 2 amide bonds. The molecule has 0 aliphatic rings. The molecule has 0 fully saturated rings. The quantitative estimate of drug-likeness (QED) is 0.356. The van der Waals surface area contributed by atoms with Gasteiger partial charge in [-0.25, -0.2) is 4.39 Å². The summed E-state index contributed by atoms with van der Waals surface area (Å²) in [6.07, 6.45) is -2.02. The number of likely N-dealkylation sites (N-methyl/N-ethyl adjacent to an activating group) is 2. The maximum atomic E-state index is 13.0. The van der Waals surface area contributed by atoms with E-state index in [0.29, 0.717) is 6.54 Å². The van der Waals surface area contributed by atoms with Crippen molar-refractivity contribution in [1.29, 1.82) is 0 Å². The molecule has 2 atom stereocenters. The van der Waals surface area contributed by atoms with Gasteiger partial charge < -0.3 is 16.0 Å². The highest BCUT2D eigenvalue weighted by atomic mass is 32.1. The lowest BCUT2D eigenvalue weighted by Crippen LogP contribution is -2.51. The van der Waals surface area contributed by atoms with Crippen molar-refractivity contribution in [3.05, 3.63) is 0 Å². The molecule has 3 N–H and O–H groups in total. The second kappa shape index (κ2) is 7.47. The normalized spacial score (nSPS) is 14.1. The third-order valence-electron chi connectivity index (χ3n) is 1.70. The lowest BCUT2D eigenvalue weighted by Gasteiger charge is -2.16. The fraction of sp³-hybridized carbons (Fsp3) is 0.750. The second-order valence-electron chi connectivity index (χ2n) is 2.78. The third kappa shape index (κ3) is 4.98. The van der Waals surface area contributed by atoms with Crippen molar-refractivity contribution >= 4 is 24.4 Å². The van der Waals surface area contributed by atoms with Crippen LogP contribution in [0.4, 0.5) is 4.39 Å². The first-order valence-corrected chi connectivity index (χ1v) is 5.20. The van der Waals surface area contributed by atoms with Crippen LogP contribution in [0.5, 0.6) is 0 Å². The molecule has 2 unspecified atom stereocenters. The van der Waals surface area contributed by atoms with Crippen LogP contribution in [0.3, 0.4) is 0 Å². The van der Waals surface area contributed by atoms with E-state index in [2.05, 4.69) is 23.3 Å². The van der Waals surface area contributed by atoms with Gasteiger partial charge >= 0.3 is 0 Å². The van der Waals surface area contributed by atoms with E-state index in [9.17, 15) is 14.0 Å². The lowest BCUT2D eigenvalue weighted by molar-refractivity contribution is -0.133. The maximum Gasteiger partial charge on any atom is 0.275 e. The van der Waals surface area contributed by atoms with Crippen LogP contribution in [0, 0.1) is 0 Å². The number of rotatable bonds is 6. The third-order valence-corrected chi connectivity index (χ3v) is 2.06. The SMILES string of the molecule is CCNC(CS)C(=O)NC(F)C(=O)NC. The summed E-state index contributed by atoms with van der Waals surface area (Å²) in [5.41, 5.74) is 0. The molecule has 0 rings (SSSR count). The van der Waals surface area contributed by atoms with Gasteiger partial charge in [0, 0.05) is 12.8 Å². The smallest absolute Gasteiger partial charge is 0.275 e. The summed E-state index contributed by atoms with van der Waals surface area (Å²) < 4.78 is 13.0. The second-order valence-corrected chi connectivity index (χ2v) is 3.14. The van der Waals surface area contributed by atoms with Gasteiger partial charge in [-0.3, -0.25) is 9.59 Å². The zero-order valence-corrected chi connectivity index (χ0v) is 9.61. The molecule has 15 heavy (non-hydrogen) atoms. The Bertz CT molecular complexity index is 228. The van der Waals surface area contributed by atoms with E-state index >= 15 is 0 Å². The molecule has 5 nitrogen and oxygen atoms in total. The molecule has 0 aromatic heterocycles. The highest BCUT2D eigenvalue weighted by molar-refractivity contribution is 7.80. The Kier molecular flexibility index (Phi) is 7.06. The van der Waals surface area contributed by atoms with E-state index in [4.69, 9.17) is 0 Å². The summed E-state index contributed by atoms with van der Waals surface area (Å²) in [4.78, 5) is 22.1. The molecule has 88 valence electrons. The Morgan fingerprint density at radius 1 is 1.40 bits per heavy atom. The number of carbonyl (C=O) groups is 2. The van der Waals surface area contributed by atoms with Crippen LogP contribution in [0.1, 0.15) is 6.92 Å². The molecule has 0 saturated heterocycles. The predicted molar refractivity (Wildman–Crippen MR) is 58.4 cm³/mol. The van der Waals surface area contributed by atoms with Crippen LogP contribution in [-0.2, 0) is 9.59 Å². The Balaban J connectivity index is 4.15. The van der Waals surface area contributed by atoms with E-state index in [1.807, 2.05) is 12.2 Å². The van der Waals surface area contributed by atoms with Gasteiger partial charge in [0.15, 0.2) is 0 Å². The maximum absolute atomic E-state index is 13.0. The van der Waals surface area contributed by atoms with Gasteiger partial charge in [0.05, 0.1) is 6.04 Å². The Labute approximate surface area is 93.6 Å².